The summed E-state index contributed by atoms with van der Waals surface area (Å²) < 4.78 is 0. The lowest BCUT2D eigenvalue weighted by atomic mass is 9.94. The van der Waals surface area contributed by atoms with Crippen molar-refractivity contribution in [1.82, 2.24) is 10.3 Å². The van der Waals surface area contributed by atoms with Crippen molar-refractivity contribution < 1.29 is 4.79 Å². The van der Waals surface area contributed by atoms with Gasteiger partial charge in [-0.15, -0.1) is 0 Å². The van der Waals surface area contributed by atoms with Crippen molar-refractivity contribution in [1.29, 1.82) is 0 Å². The smallest absolute Gasteiger partial charge is 0.253 e. The van der Waals surface area contributed by atoms with Gasteiger partial charge in [0.1, 0.15) is 0 Å². The highest BCUT2D eigenvalue weighted by atomic mass is 35.5. The minimum atomic E-state index is -0.378. The van der Waals surface area contributed by atoms with E-state index in [0.29, 0.717) is 22.6 Å². The third-order valence-corrected chi connectivity index (χ3v) is 4.14. The summed E-state index contributed by atoms with van der Waals surface area (Å²) in [6.07, 6.45) is 3.27. The molecule has 4 nitrogen and oxygen atoms in total. The van der Waals surface area contributed by atoms with Gasteiger partial charge in [0.25, 0.3) is 5.91 Å². The number of nitrogens with zero attached hydrogens (tertiary/aromatic N) is 1. The van der Waals surface area contributed by atoms with Gasteiger partial charge in [-0.1, -0.05) is 31.5 Å². The van der Waals surface area contributed by atoms with Crippen LogP contribution in [0, 0.1) is 0 Å². The SMILES string of the molecule is CCC(N)(CC)CNC(=O)c1cc(Cl)cc2cccnc12. The molecule has 21 heavy (non-hydrogen) atoms. The zero-order valence-corrected chi connectivity index (χ0v) is 13.1. The molecular weight excluding hydrogens is 286 g/mol. The molecule has 0 unspecified atom stereocenters. The first-order valence-electron chi connectivity index (χ1n) is 7.10. The van der Waals surface area contributed by atoms with Crippen LogP contribution in [0.1, 0.15) is 37.0 Å². The fourth-order valence-corrected chi connectivity index (χ4v) is 2.41. The number of halogens is 1. The van der Waals surface area contributed by atoms with Crippen molar-refractivity contribution in [2.75, 3.05) is 6.54 Å². The quantitative estimate of drug-likeness (QED) is 0.891. The summed E-state index contributed by atoms with van der Waals surface area (Å²) >= 11 is 6.08. The molecule has 0 spiro atoms. The number of benzene rings is 1. The fourth-order valence-electron chi connectivity index (χ4n) is 2.18. The van der Waals surface area contributed by atoms with E-state index in [1.165, 1.54) is 0 Å². The van der Waals surface area contributed by atoms with Gasteiger partial charge >= 0.3 is 0 Å². The van der Waals surface area contributed by atoms with Crippen LogP contribution in [-0.2, 0) is 0 Å². The number of fused-ring (bicyclic) bond motifs is 1. The lowest BCUT2D eigenvalue weighted by Crippen LogP contribution is -2.49. The van der Waals surface area contributed by atoms with Crippen molar-refractivity contribution in [3.05, 3.63) is 41.0 Å². The maximum absolute atomic E-state index is 12.4. The van der Waals surface area contributed by atoms with Crippen LogP contribution in [0.25, 0.3) is 10.9 Å². The van der Waals surface area contributed by atoms with Gasteiger partial charge in [-0.25, -0.2) is 0 Å². The van der Waals surface area contributed by atoms with Crippen LogP contribution in [0.4, 0.5) is 0 Å². The van der Waals surface area contributed by atoms with Gasteiger partial charge < -0.3 is 11.1 Å². The molecule has 2 rings (SSSR count). The minimum Gasteiger partial charge on any atom is -0.350 e. The van der Waals surface area contributed by atoms with E-state index < -0.39 is 0 Å². The van der Waals surface area contributed by atoms with Crippen molar-refractivity contribution in [3.8, 4) is 0 Å². The van der Waals surface area contributed by atoms with E-state index >= 15 is 0 Å². The molecule has 0 aliphatic carbocycles. The van der Waals surface area contributed by atoms with Crippen LogP contribution >= 0.6 is 11.6 Å². The van der Waals surface area contributed by atoms with E-state index in [4.69, 9.17) is 17.3 Å². The predicted molar refractivity (Wildman–Crippen MR) is 86.6 cm³/mol. The molecule has 2 aromatic rings. The Hall–Kier alpha value is -1.65. The van der Waals surface area contributed by atoms with Crippen LogP contribution in [0.15, 0.2) is 30.5 Å². The Bertz CT molecular complexity index is 653. The number of carbonyl (C=O) groups excluding carboxylic acids is 1. The highest BCUT2D eigenvalue weighted by Gasteiger charge is 2.22. The number of aromatic nitrogens is 1. The lowest BCUT2D eigenvalue weighted by Gasteiger charge is -2.26. The normalized spacial score (nSPS) is 11.6. The number of hydrogen-bond donors (Lipinski definition) is 2. The van der Waals surface area contributed by atoms with Gasteiger partial charge in [-0.05, 0) is 31.0 Å². The summed E-state index contributed by atoms with van der Waals surface area (Å²) in [6.45, 7) is 4.47. The molecule has 1 heterocycles. The summed E-state index contributed by atoms with van der Waals surface area (Å²) in [7, 11) is 0. The molecule has 1 aromatic carbocycles. The van der Waals surface area contributed by atoms with Crippen LogP contribution in [0.3, 0.4) is 0 Å². The fraction of sp³-hybridized carbons (Fsp3) is 0.375. The standard InChI is InChI=1S/C16H20ClN3O/c1-3-16(18,4-2)10-20-15(21)13-9-12(17)8-11-6-5-7-19-14(11)13/h5-9H,3-4,10,18H2,1-2H3,(H,20,21). The molecule has 0 aliphatic heterocycles. The second kappa shape index (κ2) is 6.41. The van der Waals surface area contributed by atoms with E-state index in [-0.39, 0.29) is 11.4 Å². The first kappa shape index (κ1) is 15.7. The molecule has 5 heteroatoms. The van der Waals surface area contributed by atoms with Gasteiger partial charge in [0.15, 0.2) is 0 Å². The van der Waals surface area contributed by atoms with Crippen LogP contribution in [0.2, 0.25) is 5.02 Å². The van der Waals surface area contributed by atoms with E-state index in [2.05, 4.69) is 10.3 Å². The first-order valence-corrected chi connectivity index (χ1v) is 7.48. The van der Waals surface area contributed by atoms with Gasteiger partial charge in [-0.2, -0.15) is 0 Å². The van der Waals surface area contributed by atoms with Crippen molar-refractivity contribution in [3.63, 3.8) is 0 Å². The lowest BCUT2D eigenvalue weighted by molar-refractivity contribution is 0.0943. The van der Waals surface area contributed by atoms with Crippen molar-refractivity contribution in [2.45, 2.75) is 32.2 Å². The highest BCUT2D eigenvalue weighted by Crippen LogP contribution is 2.22. The average molecular weight is 306 g/mol. The largest absolute Gasteiger partial charge is 0.350 e. The topological polar surface area (TPSA) is 68.0 Å². The first-order chi connectivity index (χ1) is 9.99. The second-order valence-corrected chi connectivity index (χ2v) is 5.72. The molecule has 0 saturated heterocycles. The van der Waals surface area contributed by atoms with Crippen LogP contribution in [-0.4, -0.2) is 23.0 Å². The molecule has 0 atom stereocenters. The number of nitrogens with one attached hydrogen (secondary N) is 1. The Kier molecular flexibility index (Phi) is 4.80. The minimum absolute atomic E-state index is 0.196. The van der Waals surface area contributed by atoms with Gasteiger partial charge in [0, 0.05) is 28.7 Å². The number of hydrogen-bond acceptors (Lipinski definition) is 3. The number of carbonyl (C=O) groups is 1. The molecule has 0 saturated carbocycles. The van der Waals surface area contributed by atoms with E-state index in [1.54, 1.807) is 18.3 Å². The molecule has 1 amide bonds. The summed E-state index contributed by atoms with van der Waals surface area (Å²) in [5.41, 5.74) is 6.96. The van der Waals surface area contributed by atoms with Gasteiger partial charge in [-0.3, -0.25) is 9.78 Å². The molecule has 0 radical (unpaired) electrons. The number of rotatable bonds is 5. The summed E-state index contributed by atoms with van der Waals surface area (Å²) in [5.74, 6) is -0.196. The second-order valence-electron chi connectivity index (χ2n) is 5.28. The third kappa shape index (κ3) is 3.52. The molecular formula is C16H20ClN3O. The Labute approximate surface area is 129 Å². The summed E-state index contributed by atoms with van der Waals surface area (Å²) in [6, 6.07) is 7.14. The van der Waals surface area contributed by atoms with E-state index in [0.717, 1.165) is 18.2 Å². The Morgan fingerprint density at radius 2 is 2.10 bits per heavy atom. The Balaban J connectivity index is 2.27. The maximum atomic E-state index is 12.4. The summed E-state index contributed by atoms with van der Waals surface area (Å²) in [5, 5.41) is 4.26. The Morgan fingerprint density at radius 3 is 2.76 bits per heavy atom. The molecule has 0 fully saturated rings. The molecule has 0 bridgehead atoms. The summed E-state index contributed by atoms with van der Waals surface area (Å²) in [4.78, 5) is 16.7. The third-order valence-electron chi connectivity index (χ3n) is 3.92. The van der Waals surface area contributed by atoms with E-state index in [9.17, 15) is 4.79 Å². The zero-order chi connectivity index (χ0) is 15.5. The van der Waals surface area contributed by atoms with Crippen LogP contribution < -0.4 is 11.1 Å². The van der Waals surface area contributed by atoms with Crippen molar-refractivity contribution in [2.24, 2.45) is 5.73 Å². The average Bonchev–Trinajstić information content (AvgIpc) is 2.51. The number of pyridine rings is 1. The zero-order valence-electron chi connectivity index (χ0n) is 12.3. The Morgan fingerprint density at radius 1 is 1.38 bits per heavy atom. The van der Waals surface area contributed by atoms with Gasteiger partial charge in [0.05, 0.1) is 11.1 Å². The molecule has 0 aliphatic rings. The monoisotopic (exact) mass is 305 g/mol. The van der Waals surface area contributed by atoms with Gasteiger partial charge in [0.2, 0.25) is 0 Å². The molecule has 1 aromatic heterocycles. The highest BCUT2D eigenvalue weighted by molar-refractivity contribution is 6.32. The van der Waals surface area contributed by atoms with Crippen molar-refractivity contribution >= 4 is 28.4 Å². The van der Waals surface area contributed by atoms with E-state index in [1.807, 2.05) is 26.0 Å². The molecule has 112 valence electrons. The molecule has 3 N–H and O–H groups in total. The number of nitrogens with two attached hydrogens (primary N) is 1. The van der Waals surface area contributed by atoms with Crippen LogP contribution in [0.5, 0.6) is 0 Å². The maximum Gasteiger partial charge on any atom is 0.253 e. The number of amides is 1. The predicted octanol–water partition coefficient (Wildman–Crippen LogP) is 3.14.